The molecule has 5 amide bonds. The molecule has 0 bridgehead atoms. The summed E-state index contributed by atoms with van der Waals surface area (Å²) in [6.07, 6.45) is 2.75. The number of hydrogen-bond donors (Lipinski definition) is 3. The molecule has 0 aliphatic carbocycles. The van der Waals surface area contributed by atoms with Crippen LogP contribution in [0, 0.1) is 17.6 Å². The van der Waals surface area contributed by atoms with E-state index in [1.165, 1.54) is 59.8 Å². The van der Waals surface area contributed by atoms with E-state index in [-0.39, 0.29) is 41.0 Å². The average molecular weight is 616 g/mol. The van der Waals surface area contributed by atoms with Crippen LogP contribution in [0.5, 0.6) is 11.5 Å². The van der Waals surface area contributed by atoms with Gasteiger partial charge in [0.2, 0.25) is 17.7 Å². The molecule has 1 fully saturated rings. The van der Waals surface area contributed by atoms with Crippen LogP contribution in [0.25, 0.3) is 0 Å². The molecule has 2 aromatic heterocycles. The summed E-state index contributed by atoms with van der Waals surface area (Å²) in [7, 11) is 0. The molecule has 1 atom stereocenters. The fourth-order valence-corrected chi connectivity index (χ4v) is 4.49. The van der Waals surface area contributed by atoms with Crippen molar-refractivity contribution in [3.63, 3.8) is 0 Å². The number of imide groups is 1. The van der Waals surface area contributed by atoms with Gasteiger partial charge in [-0.25, -0.2) is 28.4 Å². The van der Waals surface area contributed by atoms with Crippen molar-refractivity contribution < 1.29 is 32.7 Å². The van der Waals surface area contributed by atoms with Crippen molar-refractivity contribution in [2.24, 2.45) is 11.7 Å². The van der Waals surface area contributed by atoms with E-state index >= 15 is 4.39 Å². The maximum Gasteiger partial charge on any atom is 0.331 e. The Labute approximate surface area is 255 Å². The first-order valence-corrected chi connectivity index (χ1v) is 13.7. The number of anilines is 4. The molecule has 5 rings (SSSR count). The van der Waals surface area contributed by atoms with Crippen LogP contribution < -0.4 is 26.0 Å². The lowest BCUT2D eigenvalue weighted by Crippen LogP contribution is -2.61. The highest BCUT2D eigenvalue weighted by molar-refractivity contribution is 6.23. The fourth-order valence-electron chi connectivity index (χ4n) is 4.49. The van der Waals surface area contributed by atoms with E-state index < -0.39 is 41.3 Å². The van der Waals surface area contributed by atoms with Crippen LogP contribution in [0.4, 0.5) is 36.6 Å². The molecule has 0 saturated carbocycles. The number of ether oxygens (including phenoxy) is 1. The van der Waals surface area contributed by atoms with Gasteiger partial charge in [-0.15, -0.1) is 0 Å². The first kappa shape index (κ1) is 30.5. The van der Waals surface area contributed by atoms with Gasteiger partial charge in [0.05, 0.1) is 11.3 Å². The van der Waals surface area contributed by atoms with E-state index in [2.05, 4.69) is 20.6 Å². The highest BCUT2D eigenvalue weighted by Crippen LogP contribution is 2.30. The van der Waals surface area contributed by atoms with Gasteiger partial charge in [0, 0.05) is 42.8 Å². The summed E-state index contributed by atoms with van der Waals surface area (Å²) in [5.41, 5.74) is 5.64. The van der Waals surface area contributed by atoms with Gasteiger partial charge in [-0.05, 0) is 68.4 Å². The minimum atomic E-state index is -1.31. The van der Waals surface area contributed by atoms with Gasteiger partial charge < -0.3 is 26.0 Å². The van der Waals surface area contributed by atoms with Gasteiger partial charge in [-0.1, -0.05) is 0 Å². The van der Waals surface area contributed by atoms with Crippen LogP contribution >= 0.6 is 0 Å². The lowest BCUT2D eigenvalue weighted by molar-refractivity contribution is -0.132. The normalized spacial score (nSPS) is 14.8. The van der Waals surface area contributed by atoms with Crippen LogP contribution in [0.2, 0.25) is 0 Å². The Morgan fingerprint density at radius 1 is 0.978 bits per heavy atom. The van der Waals surface area contributed by atoms with Gasteiger partial charge in [-0.3, -0.25) is 14.4 Å². The van der Waals surface area contributed by atoms with Crippen molar-refractivity contribution in [1.29, 1.82) is 0 Å². The number of nitrogens with zero attached hydrogens (tertiary/aromatic N) is 4. The largest absolute Gasteiger partial charge is 0.454 e. The van der Waals surface area contributed by atoms with E-state index in [1.807, 2.05) is 0 Å². The molecule has 2 aromatic carbocycles. The zero-order valence-electron chi connectivity index (χ0n) is 24.0. The lowest BCUT2D eigenvalue weighted by atomic mass is 10.0. The molecule has 3 heterocycles. The highest BCUT2D eigenvalue weighted by atomic mass is 19.1. The number of aromatic nitrogens is 2. The molecule has 0 spiro atoms. The molecule has 1 saturated heterocycles. The number of primary amides is 1. The minimum Gasteiger partial charge on any atom is -0.454 e. The standard InChI is InChI=1S/C31H27F2N7O5/c1-17(2)39-16-23(30(43)40(31(39)44)21-7-4-19(32)5-8-21)29(42)37-20-6-9-25(24(33)13-20)45-22-11-12-35-27(14-22)38-26-10-3-18(15-36-26)28(34)41/h3-15,17,23H,16H2,1-2H3,(H2,34,41)(H,37,42)(H,35,36,38). The van der Waals surface area contributed by atoms with Crippen molar-refractivity contribution in [3.05, 3.63) is 96.3 Å². The Morgan fingerprint density at radius 2 is 1.73 bits per heavy atom. The van der Waals surface area contributed by atoms with Crippen LogP contribution in [-0.2, 0) is 9.59 Å². The van der Waals surface area contributed by atoms with E-state index in [1.54, 1.807) is 19.9 Å². The zero-order chi connectivity index (χ0) is 32.2. The number of hydrogen-bond acceptors (Lipinski definition) is 8. The first-order valence-electron chi connectivity index (χ1n) is 13.7. The Balaban J connectivity index is 1.28. The minimum absolute atomic E-state index is 0.0570. The third kappa shape index (κ3) is 6.85. The summed E-state index contributed by atoms with van der Waals surface area (Å²) in [5.74, 6) is -4.00. The second kappa shape index (κ2) is 12.8. The van der Waals surface area contributed by atoms with Crippen molar-refractivity contribution >= 4 is 46.8 Å². The molecule has 1 aliphatic heterocycles. The predicted octanol–water partition coefficient (Wildman–Crippen LogP) is 4.82. The SMILES string of the molecule is CC(C)N1CC(C(=O)Nc2ccc(Oc3ccnc(Nc4ccc(C(N)=O)cn4)c3)c(F)c2)C(=O)N(c2ccc(F)cc2)C1=O. The summed E-state index contributed by atoms with van der Waals surface area (Å²) in [6.45, 7) is 3.29. The monoisotopic (exact) mass is 615 g/mol. The van der Waals surface area contributed by atoms with Gasteiger partial charge in [-0.2, -0.15) is 0 Å². The lowest BCUT2D eigenvalue weighted by Gasteiger charge is -2.39. The van der Waals surface area contributed by atoms with Crippen LogP contribution in [0.15, 0.2) is 79.1 Å². The number of pyridine rings is 2. The molecule has 230 valence electrons. The average Bonchev–Trinajstić information content (AvgIpc) is 3.00. The number of nitrogens with one attached hydrogen (secondary N) is 2. The topological polar surface area (TPSA) is 160 Å². The molecular weight excluding hydrogens is 588 g/mol. The Bertz CT molecular complexity index is 1770. The molecule has 4 aromatic rings. The van der Waals surface area contributed by atoms with E-state index in [9.17, 15) is 23.6 Å². The molecule has 4 N–H and O–H groups in total. The summed E-state index contributed by atoms with van der Waals surface area (Å²) < 4.78 is 34.2. The van der Waals surface area contributed by atoms with Gasteiger partial charge in [0.1, 0.15) is 29.1 Å². The number of amides is 5. The number of halogens is 2. The smallest absolute Gasteiger partial charge is 0.331 e. The zero-order valence-corrected chi connectivity index (χ0v) is 24.0. The predicted molar refractivity (Wildman–Crippen MR) is 160 cm³/mol. The van der Waals surface area contributed by atoms with Crippen molar-refractivity contribution in [2.45, 2.75) is 19.9 Å². The number of carbonyl (C=O) groups excluding carboxylic acids is 4. The molecule has 0 radical (unpaired) electrons. The molecule has 1 aliphatic rings. The van der Waals surface area contributed by atoms with Gasteiger partial charge in [0.15, 0.2) is 11.6 Å². The van der Waals surface area contributed by atoms with Crippen LogP contribution in [-0.4, -0.2) is 51.2 Å². The number of benzene rings is 2. The molecule has 12 nitrogen and oxygen atoms in total. The molecule has 45 heavy (non-hydrogen) atoms. The van der Waals surface area contributed by atoms with Crippen molar-refractivity contribution in [3.8, 4) is 11.5 Å². The maximum absolute atomic E-state index is 15.1. The second-order valence-corrected chi connectivity index (χ2v) is 10.3. The van der Waals surface area contributed by atoms with Crippen LogP contribution in [0.3, 0.4) is 0 Å². The Morgan fingerprint density at radius 3 is 2.38 bits per heavy atom. The van der Waals surface area contributed by atoms with Crippen molar-refractivity contribution in [1.82, 2.24) is 14.9 Å². The van der Waals surface area contributed by atoms with E-state index in [0.29, 0.717) is 11.6 Å². The summed E-state index contributed by atoms with van der Waals surface area (Å²) in [5, 5.41) is 5.48. The highest BCUT2D eigenvalue weighted by Gasteiger charge is 2.44. The first-order chi connectivity index (χ1) is 21.5. The summed E-state index contributed by atoms with van der Waals surface area (Å²) in [6, 6.07) is 13.6. The summed E-state index contributed by atoms with van der Waals surface area (Å²) in [4.78, 5) is 61.4. The van der Waals surface area contributed by atoms with Crippen molar-refractivity contribution in [2.75, 3.05) is 22.1 Å². The molecule has 14 heteroatoms. The summed E-state index contributed by atoms with van der Waals surface area (Å²) >= 11 is 0. The quantitative estimate of drug-likeness (QED) is 0.226. The van der Waals surface area contributed by atoms with Gasteiger partial charge in [0.25, 0.3) is 0 Å². The second-order valence-electron chi connectivity index (χ2n) is 10.3. The number of rotatable bonds is 9. The Kier molecular flexibility index (Phi) is 8.65. The molecule has 1 unspecified atom stereocenters. The fraction of sp³-hybridized carbons (Fsp3) is 0.161. The number of urea groups is 1. The Hall–Kier alpha value is -5.92. The van der Waals surface area contributed by atoms with Crippen LogP contribution in [0.1, 0.15) is 24.2 Å². The molecular formula is C31H27F2N7O5. The van der Waals surface area contributed by atoms with E-state index in [4.69, 9.17) is 10.5 Å². The number of nitrogens with two attached hydrogens (primary N) is 1. The number of carbonyl (C=O) groups is 4. The third-order valence-electron chi connectivity index (χ3n) is 6.82. The third-order valence-corrected chi connectivity index (χ3v) is 6.82. The maximum atomic E-state index is 15.1. The van der Waals surface area contributed by atoms with E-state index in [0.717, 1.165) is 23.1 Å². The van der Waals surface area contributed by atoms with Gasteiger partial charge >= 0.3 is 6.03 Å².